The summed E-state index contributed by atoms with van der Waals surface area (Å²) in [5, 5.41) is 7.89. The third-order valence-corrected chi connectivity index (χ3v) is 6.51. The number of furan rings is 1. The molecule has 1 fully saturated rings. The first-order valence-corrected chi connectivity index (χ1v) is 11.5. The predicted octanol–water partition coefficient (Wildman–Crippen LogP) is 2.20. The number of carbonyl (C=O) groups is 1. The number of rotatable bonds is 9. The minimum absolute atomic E-state index is 0.0638. The van der Waals surface area contributed by atoms with Crippen LogP contribution in [0, 0.1) is 6.92 Å². The van der Waals surface area contributed by atoms with Gasteiger partial charge >= 0.3 is 0 Å². The van der Waals surface area contributed by atoms with Crippen LogP contribution in [0.2, 0.25) is 0 Å². The van der Waals surface area contributed by atoms with Gasteiger partial charge in [0.15, 0.2) is 5.69 Å². The molecule has 0 aromatic carbocycles. The van der Waals surface area contributed by atoms with Crippen LogP contribution >= 0.6 is 0 Å². The minimum atomic E-state index is -0.0638. The van der Waals surface area contributed by atoms with E-state index in [-0.39, 0.29) is 5.91 Å². The Kier molecular flexibility index (Phi) is 7.09. The fourth-order valence-corrected chi connectivity index (χ4v) is 4.85. The molecule has 0 bridgehead atoms. The molecule has 1 unspecified atom stereocenters. The van der Waals surface area contributed by atoms with Crippen LogP contribution in [0.3, 0.4) is 0 Å². The summed E-state index contributed by atoms with van der Waals surface area (Å²) in [4.78, 5) is 17.9. The number of carbonyl (C=O) groups excluding carboxylic acids is 1. The molecule has 1 amide bonds. The van der Waals surface area contributed by atoms with Crippen molar-refractivity contribution in [2.75, 3.05) is 39.9 Å². The zero-order valence-corrected chi connectivity index (χ0v) is 19.0. The third-order valence-electron chi connectivity index (χ3n) is 6.51. The maximum atomic E-state index is 13.2. The average Bonchev–Trinajstić information content (AvgIpc) is 3.49. The van der Waals surface area contributed by atoms with Crippen LogP contribution in [-0.4, -0.2) is 71.4 Å². The van der Waals surface area contributed by atoms with E-state index in [4.69, 9.17) is 14.3 Å². The summed E-state index contributed by atoms with van der Waals surface area (Å²) in [6, 6.07) is 4.45. The molecule has 0 spiro atoms. The van der Waals surface area contributed by atoms with Crippen molar-refractivity contribution in [3.05, 3.63) is 40.6 Å². The number of likely N-dealkylation sites (N-methyl/N-ethyl adjacent to an activating group) is 1. The normalized spacial score (nSPS) is 19.6. The van der Waals surface area contributed by atoms with Crippen LogP contribution in [0.25, 0.3) is 0 Å². The Morgan fingerprint density at radius 3 is 2.97 bits per heavy atom. The van der Waals surface area contributed by atoms with Gasteiger partial charge in [-0.3, -0.25) is 19.3 Å². The van der Waals surface area contributed by atoms with Crippen molar-refractivity contribution in [1.82, 2.24) is 24.9 Å². The maximum Gasteiger partial charge on any atom is 0.272 e. The van der Waals surface area contributed by atoms with Crippen molar-refractivity contribution in [3.63, 3.8) is 0 Å². The lowest BCUT2D eigenvalue weighted by Gasteiger charge is -2.27. The van der Waals surface area contributed by atoms with Crippen molar-refractivity contribution >= 4 is 5.91 Å². The summed E-state index contributed by atoms with van der Waals surface area (Å²) >= 11 is 0. The quantitative estimate of drug-likeness (QED) is 0.659. The number of likely N-dealkylation sites (tertiary alicyclic amines) is 1. The van der Waals surface area contributed by atoms with Crippen LogP contribution in [0.15, 0.2) is 16.5 Å². The molecule has 8 nitrogen and oxygen atoms in total. The number of hydrogen-bond donors (Lipinski definition) is 1. The molecule has 4 heterocycles. The van der Waals surface area contributed by atoms with Crippen LogP contribution in [0.5, 0.6) is 0 Å². The molecule has 2 aromatic rings. The molecular formula is C23H35N5O3. The molecule has 1 atom stereocenters. The van der Waals surface area contributed by atoms with Crippen molar-refractivity contribution in [2.45, 2.75) is 58.8 Å². The van der Waals surface area contributed by atoms with Crippen LogP contribution in [0.4, 0.5) is 0 Å². The zero-order valence-electron chi connectivity index (χ0n) is 19.0. The van der Waals surface area contributed by atoms with Gasteiger partial charge in [0.1, 0.15) is 11.5 Å². The van der Waals surface area contributed by atoms with Gasteiger partial charge in [-0.15, -0.1) is 0 Å². The molecule has 0 radical (unpaired) electrons. The van der Waals surface area contributed by atoms with Crippen molar-refractivity contribution in [1.29, 1.82) is 0 Å². The number of nitrogens with one attached hydrogen (secondary N) is 1. The number of aryl methyl sites for hydroxylation is 1. The molecule has 4 rings (SSSR count). The Hall–Kier alpha value is -2.16. The lowest BCUT2D eigenvalue weighted by molar-refractivity contribution is 0.0932. The van der Waals surface area contributed by atoms with E-state index in [9.17, 15) is 4.79 Å². The molecule has 2 aliphatic heterocycles. The smallest absolute Gasteiger partial charge is 0.272 e. The van der Waals surface area contributed by atoms with E-state index < -0.39 is 0 Å². The van der Waals surface area contributed by atoms with Crippen molar-refractivity contribution in [2.24, 2.45) is 0 Å². The number of fused-ring (bicyclic) bond motifs is 1. The summed E-state index contributed by atoms with van der Waals surface area (Å²) in [6.07, 6.45) is 3.22. The largest absolute Gasteiger partial charge is 0.465 e. The second-order valence-electron chi connectivity index (χ2n) is 8.60. The van der Waals surface area contributed by atoms with E-state index in [1.807, 2.05) is 23.7 Å². The Morgan fingerprint density at radius 2 is 2.23 bits per heavy atom. The summed E-state index contributed by atoms with van der Waals surface area (Å²) in [5.41, 5.74) is 2.76. The molecule has 0 aliphatic carbocycles. The number of hydrogen-bond acceptors (Lipinski definition) is 6. The highest BCUT2D eigenvalue weighted by Crippen LogP contribution is 2.25. The fraction of sp³-hybridized carbons (Fsp3) is 0.652. The van der Waals surface area contributed by atoms with E-state index >= 15 is 0 Å². The van der Waals surface area contributed by atoms with Crippen molar-refractivity contribution in [3.8, 4) is 0 Å². The minimum Gasteiger partial charge on any atom is -0.465 e. The standard InChI is InChI=1S/C23H35N5O3/c1-4-27-10-5-6-18(27)14-24-23(29)22-20-16-26(15-19-8-7-17(2)31-19)11-9-21(20)28(25-22)12-13-30-3/h7-8,18H,4-6,9-16H2,1-3H3,(H,24,29). The number of aromatic nitrogens is 2. The Balaban J connectivity index is 1.48. The van der Waals surface area contributed by atoms with Crippen LogP contribution in [-0.2, 0) is 30.8 Å². The van der Waals surface area contributed by atoms with E-state index in [0.717, 1.165) is 61.8 Å². The van der Waals surface area contributed by atoms with E-state index in [1.165, 1.54) is 6.42 Å². The Bertz CT molecular complexity index is 890. The molecule has 8 heteroatoms. The van der Waals surface area contributed by atoms with Crippen LogP contribution in [0.1, 0.15) is 53.0 Å². The zero-order chi connectivity index (χ0) is 21.8. The molecular weight excluding hydrogens is 394 g/mol. The average molecular weight is 430 g/mol. The Labute approximate surface area is 184 Å². The van der Waals surface area contributed by atoms with Gasteiger partial charge in [0.2, 0.25) is 0 Å². The van der Waals surface area contributed by atoms with Gasteiger partial charge in [-0.05, 0) is 45.0 Å². The maximum absolute atomic E-state index is 13.2. The number of nitrogens with zero attached hydrogens (tertiary/aromatic N) is 4. The van der Waals surface area contributed by atoms with Gasteiger partial charge in [0.05, 0.1) is 19.7 Å². The molecule has 2 aliphatic rings. The second kappa shape index (κ2) is 9.97. The first kappa shape index (κ1) is 22.0. The predicted molar refractivity (Wildman–Crippen MR) is 118 cm³/mol. The fourth-order valence-electron chi connectivity index (χ4n) is 4.85. The van der Waals surface area contributed by atoms with Gasteiger partial charge in [-0.1, -0.05) is 6.92 Å². The summed E-state index contributed by atoms with van der Waals surface area (Å²) < 4.78 is 13.0. The van der Waals surface area contributed by atoms with Crippen LogP contribution < -0.4 is 5.32 Å². The molecule has 0 saturated carbocycles. The van der Waals surface area contributed by atoms with E-state index in [1.54, 1.807) is 7.11 Å². The lowest BCUT2D eigenvalue weighted by Crippen LogP contribution is -2.40. The van der Waals surface area contributed by atoms with E-state index in [0.29, 0.717) is 38.0 Å². The molecule has 1 N–H and O–H groups in total. The monoisotopic (exact) mass is 429 g/mol. The van der Waals surface area contributed by atoms with Gasteiger partial charge < -0.3 is 14.5 Å². The van der Waals surface area contributed by atoms with Gasteiger partial charge in [0.25, 0.3) is 5.91 Å². The second-order valence-corrected chi connectivity index (χ2v) is 8.60. The number of ether oxygens (including phenoxy) is 1. The molecule has 170 valence electrons. The number of amides is 1. The van der Waals surface area contributed by atoms with E-state index in [2.05, 4.69) is 22.0 Å². The van der Waals surface area contributed by atoms with Crippen molar-refractivity contribution < 1.29 is 13.9 Å². The SMILES string of the molecule is CCN1CCCC1CNC(=O)c1nn(CCOC)c2c1CN(Cc1ccc(C)o1)CC2. The van der Waals surface area contributed by atoms with Gasteiger partial charge in [-0.25, -0.2) is 0 Å². The highest BCUT2D eigenvalue weighted by Gasteiger charge is 2.29. The highest BCUT2D eigenvalue weighted by atomic mass is 16.5. The summed E-state index contributed by atoms with van der Waals surface area (Å²) in [6.45, 7) is 10.6. The van der Waals surface area contributed by atoms with Gasteiger partial charge in [0, 0.05) is 50.5 Å². The molecule has 1 saturated heterocycles. The molecule has 2 aromatic heterocycles. The molecule has 31 heavy (non-hydrogen) atoms. The number of methoxy groups -OCH3 is 1. The lowest BCUT2D eigenvalue weighted by atomic mass is 10.0. The summed E-state index contributed by atoms with van der Waals surface area (Å²) in [7, 11) is 1.69. The first-order chi connectivity index (χ1) is 15.1. The Morgan fingerprint density at radius 1 is 1.35 bits per heavy atom. The van der Waals surface area contributed by atoms with Gasteiger partial charge in [-0.2, -0.15) is 5.10 Å². The highest BCUT2D eigenvalue weighted by molar-refractivity contribution is 5.94. The topological polar surface area (TPSA) is 75.8 Å². The first-order valence-electron chi connectivity index (χ1n) is 11.5. The third kappa shape index (κ3) is 5.02. The summed E-state index contributed by atoms with van der Waals surface area (Å²) in [5.74, 6) is 1.82.